The molecule has 0 aliphatic carbocycles. The lowest BCUT2D eigenvalue weighted by Crippen LogP contribution is -2.09. The van der Waals surface area contributed by atoms with Crippen LogP contribution >= 0.6 is 0 Å². The van der Waals surface area contributed by atoms with Gasteiger partial charge < -0.3 is 14.6 Å². The number of carboxylic acids is 1. The van der Waals surface area contributed by atoms with Crippen molar-refractivity contribution >= 4 is 5.97 Å². The van der Waals surface area contributed by atoms with E-state index in [9.17, 15) is 4.79 Å². The van der Waals surface area contributed by atoms with E-state index in [1.165, 1.54) is 6.26 Å². The molecule has 0 aromatic rings. The summed E-state index contributed by atoms with van der Waals surface area (Å²) in [5, 5.41) is 8.63. The molecule has 0 spiro atoms. The molecule has 0 aliphatic heterocycles. The molecule has 4 heteroatoms. The van der Waals surface area contributed by atoms with Crippen LogP contribution < -0.4 is 0 Å². The van der Waals surface area contributed by atoms with Gasteiger partial charge in [0.2, 0.25) is 0 Å². The van der Waals surface area contributed by atoms with Gasteiger partial charge in [-0.1, -0.05) is 19.6 Å². The normalized spacial score (nSPS) is 13.3. The van der Waals surface area contributed by atoms with Crippen LogP contribution in [0.4, 0.5) is 0 Å². The van der Waals surface area contributed by atoms with Gasteiger partial charge in [0, 0.05) is 5.57 Å². The van der Waals surface area contributed by atoms with Crippen LogP contribution in [-0.2, 0) is 14.3 Å². The molecular weight excluding hydrogens is 196 g/mol. The van der Waals surface area contributed by atoms with Crippen LogP contribution in [0.1, 0.15) is 13.8 Å². The van der Waals surface area contributed by atoms with E-state index in [4.69, 9.17) is 14.6 Å². The summed E-state index contributed by atoms with van der Waals surface area (Å²) in [6.45, 7) is 8.32. The minimum Gasteiger partial charge on any atom is -0.499 e. The third kappa shape index (κ3) is 7.76. The predicted octanol–water partition coefficient (Wildman–Crippen LogP) is 1.83. The van der Waals surface area contributed by atoms with Gasteiger partial charge in [-0.25, -0.2) is 4.79 Å². The molecule has 0 aromatic carbocycles. The molecule has 0 aliphatic rings. The summed E-state index contributed by atoms with van der Waals surface area (Å²) in [5.41, 5.74) is 0.341. The molecule has 4 nitrogen and oxygen atoms in total. The first-order chi connectivity index (χ1) is 7.07. The summed E-state index contributed by atoms with van der Waals surface area (Å²) in [7, 11) is 0. The van der Waals surface area contributed by atoms with Gasteiger partial charge in [0.25, 0.3) is 0 Å². The lowest BCUT2D eigenvalue weighted by Gasteiger charge is -2.08. The topological polar surface area (TPSA) is 55.8 Å². The van der Waals surface area contributed by atoms with Gasteiger partial charge >= 0.3 is 5.97 Å². The number of hydrogen-bond acceptors (Lipinski definition) is 3. The second-order valence-electron chi connectivity index (χ2n) is 3.24. The first-order valence-corrected chi connectivity index (χ1v) is 4.80. The smallest absolute Gasteiger partial charge is 0.330 e. The Labute approximate surface area is 90.2 Å². The standard InChI is InChI=1S/C11H18O4/c1-4-14-5-6-15-8-9(2)7-10(3)11(12)13/h4,7,9H,1,5-6,8H2,2-3H3,(H,12,13). The fraction of sp³-hybridized carbons (Fsp3) is 0.545. The van der Waals surface area contributed by atoms with Gasteiger partial charge in [0.1, 0.15) is 6.61 Å². The number of carboxylic acid groups (broad SMARTS) is 1. The van der Waals surface area contributed by atoms with E-state index in [1.807, 2.05) is 6.92 Å². The molecular formula is C11H18O4. The second kappa shape index (κ2) is 8.05. The van der Waals surface area contributed by atoms with E-state index < -0.39 is 5.97 Å². The van der Waals surface area contributed by atoms with Crippen molar-refractivity contribution in [2.75, 3.05) is 19.8 Å². The van der Waals surface area contributed by atoms with Crippen molar-refractivity contribution in [1.29, 1.82) is 0 Å². The highest BCUT2D eigenvalue weighted by Crippen LogP contribution is 2.03. The number of aliphatic carboxylic acids is 1. The van der Waals surface area contributed by atoms with Gasteiger partial charge in [-0.3, -0.25) is 0 Å². The SMILES string of the molecule is C=COCCOCC(C)C=C(C)C(=O)O. The van der Waals surface area contributed by atoms with Crippen LogP contribution in [0.25, 0.3) is 0 Å². The van der Waals surface area contributed by atoms with Crippen LogP contribution in [0.3, 0.4) is 0 Å². The number of ether oxygens (including phenoxy) is 2. The van der Waals surface area contributed by atoms with E-state index in [0.29, 0.717) is 25.4 Å². The van der Waals surface area contributed by atoms with E-state index in [0.717, 1.165) is 0 Å². The second-order valence-corrected chi connectivity index (χ2v) is 3.24. The monoisotopic (exact) mass is 214 g/mol. The van der Waals surface area contributed by atoms with Crippen molar-refractivity contribution in [1.82, 2.24) is 0 Å². The Morgan fingerprint density at radius 2 is 2.20 bits per heavy atom. The molecule has 1 N–H and O–H groups in total. The third-order valence-electron chi connectivity index (χ3n) is 1.72. The van der Waals surface area contributed by atoms with Crippen molar-refractivity contribution in [3.8, 4) is 0 Å². The van der Waals surface area contributed by atoms with Gasteiger partial charge in [-0.05, 0) is 12.8 Å². The van der Waals surface area contributed by atoms with Gasteiger partial charge in [-0.2, -0.15) is 0 Å². The molecule has 1 atom stereocenters. The van der Waals surface area contributed by atoms with Crippen molar-refractivity contribution in [2.24, 2.45) is 5.92 Å². The molecule has 1 unspecified atom stereocenters. The highest BCUT2D eigenvalue weighted by Gasteiger charge is 2.03. The summed E-state index contributed by atoms with van der Waals surface area (Å²) in [6, 6.07) is 0. The Morgan fingerprint density at radius 3 is 2.73 bits per heavy atom. The zero-order chi connectivity index (χ0) is 11.7. The highest BCUT2D eigenvalue weighted by atomic mass is 16.5. The van der Waals surface area contributed by atoms with E-state index in [1.54, 1.807) is 13.0 Å². The summed E-state index contributed by atoms with van der Waals surface area (Å²) >= 11 is 0. The quantitative estimate of drug-likeness (QED) is 0.380. The molecule has 15 heavy (non-hydrogen) atoms. The Bertz CT molecular complexity index is 233. The molecule has 0 radical (unpaired) electrons. The maximum atomic E-state index is 10.5. The lowest BCUT2D eigenvalue weighted by molar-refractivity contribution is -0.132. The van der Waals surface area contributed by atoms with E-state index in [-0.39, 0.29) is 5.92 Å². The van der Waals surface area contributed by atoms with Crippen molar-refractivity contribution in [2.45, 2.75) is 13.8 Å². The van der Waals surface area contributed by atoms with Gasteiger partial charge in [-0.15, -0.1) is 0 Å². The van der Waals surface area contributed by atoms with E-state index >= 15 is 0 Å². The van der Waals surface area contributed by atoms with Crippen LogP contribution in [0.5, 0.6) is 0 Å². The van der Waals surface area contributed by atoms with Gasteiger partial charge in [0.05, 0.1) is 19.5 Å². The van der Waals surface area contributed by atoms with Crippen LogP contribution in [-0.4, -0.2) is 30.9 Å². The minimum atomic E-state index is -0.892. The Morgan fingerprint density at radius 1 is 1.53 bits per heavy atom. The van der Waals surface area contributed by atoms with Crippen LogP contribution in [0.2, 0.25) is 0 Å². The molecule has 0 fully saturated rings. The number of carbonyl (C=O) groups is 1. The number of rotatable bonds is 8. The molecule has 0 bridgehead atoms. The molecule has 0 saturated heterocycles. The summed E-state index contributed by atoms with van der Waals surface area (Å²) in [4.78, 5) is 10.5. The lowest BCUT2D eigenvalue weighted by atomic mass is 10.1. The fourth-order valence-corrected chi connectivity index (χ4v) is 1.01. The van der Waals surface area contributed by atoms with Crippen LogP contribution in [0, 0.1) is 5.92 Å². The predicted molar refractivity (Wildman–Crippen MR) is 57.5 cm³/mol. The summed E-state index contributed by atoms with van der Waals surface area (Å²) in [6.07, 6.45) is 3.04. The Hall–Kier alpha value is -1.29. The first-order valence-electron chi connectivity index (χ1n) is 4.80. The number of hydrogen-bond donors (Lipinski definition) is 1. The largest absolute Gasteiger partial charge is 0.499 e. The maximum Gasteiger partial charge on any atom is 0.330 e. The zero-order valence-corrected chi connectivity index (χ0v) is 9.23. The molecule has 0 rings (SSSR count). The summed E-state index contributed by atoms with van der Waals surface area (Å²) in [5.74, 6) is -0.804. The molecule has 0 heterocycles. The van der Waals surface area contributed by atoms with Crippen LogP contribution in [0.15, 0.2) is 24.5 Å². The van der Waals surface area contributed by atoms with E-state index in [2.05, 4.69) is 6.58 Å². The maximum absolute atomic E-state index is 10.5. The Kier molecular flexibility index (Phi) is 7.36. The third-order valence-corrected chi connectivity index (χ3v) is 1.72. The minimum absolute atomic E-state index is 0.0878. The summed E-state index contributed by atoms with van der Waals surface area (Å²) < 4.78 is 10.1. The fourth-order valence-electron chi connectivity index (χ4n) is 1.01. The first kappa shape index (κ1) is 13.7. The Balaban J connectivity index is 3.65. The zero-order valence-electron chi connectivity index (χ0n) is 9.23. The molecule has 0 aromatic heterocycles. The molecule has 86 valence electrons. The highest BCUT2D eigenvalue weighted by molar-refractivity contribution is 5.85. The average molecular weight is 214 g/mol. The van der Waals surface area contributed by atoms with Crippen molar-refractivity contribution in [3.05, 3.63) is 24.5 Å². The average Bonchev–Trinajstić information content (AvgIpc) is 2.17. The van der Waals surface area contributed by atoms with Crippen molar-refractivity contribution < 1.29 is 19.4 Å². The molecule has 0 saturated carbocycles. The van der Waals surface area contributed by atoms with Gasteiger partial charge in [0.15, 0.2) is 0 Å². The van der Waals surface area contributed by atoms with Crippen molar-refractivity contribution in [3.63, 3.8) is 0 Å². The molecule has 0 amide bonds.